The minimum atomic E-state index is -4.33. The molecule has 0 aromatic heterocycles. The summed E-state index contributed by atoms with van der Waals surface area (Å²) in [4.78, 5) is 22.6. The zero-order chi connectivity index (χ0) is 34.7. The Morgan fingerprint density at radius 2 is 1.09 bits per heavy atom. The maximum absolute atomic E-state index is 12.7. The van der Waals surface area contributed by atoms with E-state index in [4.69, 9.17) is 14.8 Å². The van der Waals surface area contributed by atoms with E-state index in [-0.39, 0.29) is 25.7 Å². The highest BCUT2D eigenvalue weighted by Gasteiger charge is 2.26. The van der Waals surface area contributed by atoms with Crippen LogP contribution in [0.3, 0.4) is 0 Å². The quantitative estimate of drug-likeness (QED) is 0.0290. The zero-order valence-corrected chi connectivity index (χ0v) is 31.7. The number of nitrogens with two attached hydrogens (primary N) is 1. The van der Waals surface area contributed by atoms with Gasteiger partial charge in [-0.1, -0.05) is 180 Å². The van der Waals surface area contributed by atoms with Gasteiger partial charge in [0, 0.05) is 13.0 Å². The molecule has 9 heteroatoms. The molecule has 0 saturated heterocycles. The highest BCUT2D eigenvalue weighted by Crippen LogP contribution is 2.43. The van der Waals surface area contributed by atoms with Crippen molar-refractivity contribution in [1.82, 2.24) is 5.32 Å². The van der Waals surface area contributed by atoms with Crippen LogP contribution in [0.4, 0.5) is 0 Å². The van der Waals surface area contributed by atoms with E-state index in [0.29, 0.717) is 6.42 Å². The van der Waals surface area contributed by atoms with Gasteiger partial charge in [0.05, 0.1) is 25.4 Å². The summed E-state index contributed by atoms with van der Waals surface area (Å²) in [6.45, 7) is 4.13. The van der Waals surface area contributed by atoms with Gasteiger partial charge < -0.3 is 21.1 Å². The summed E-state index contributed by atoms with van der Waals surface area (Å²) in [7, 11) is -4.33. The van der Waals surface area contributed by atoms with Crippen molar-refractivity contribution in [3.63, 3.8) is 0 Å². The van der Waals surface area contributed by atoms with Crippen LogP contribution in [0.1, 0.15) is 194 Å². The van der Waals surface area contributed by atoms with E-state index in [9.17, 15) is 19.4 Å². The van der Waals surface area contributed by atoms with Gasteiger partial charge in [0.15, 0.2) is 0 Å². The van der Waals surface area contributed by atoms with Crippen LogP contribution in [0.2, 0.25) is 0 Å². The predicted molar refractivity (Wildman–Crippen MR) is 198 cm³/mol. The van der Waals surface area contributed by atoms with Crippen molar-refractivity contribution in [2.24, 2.45) is 5.73 Å². The van der Waals surface area contributed by atoms with Crippen molar-refractivity contribution < 1.29 is 28.4 Å². The van der Waals surface area contributed by atoms with Crippen LogP contribution in [-0.2, 0) is 18.4 Å². The molecule has 0 heterocycles. The number of amides is 1. The topological polar surface area (TPSA) is 131 Å². The van der Waals surface area contributed by atoms with Gasteiger partial charge in [-0.3, -0.25) is 13.8 Å². The fraction of sp³-hybridized carbons (Fsp3) is 0.921. The number of nitrogens with one attached hydrogen (secondary N) is 1. The number of aliphatic hydroxyl groups is 1. The van der Waals surface area contributed by atoms with Gasteiger partial charge in [-0.2, -0.15) is 0 Å². The number of unbranched alkanes of at least 4 members (excludes halogenated alkanes) is 25. The summed E-state index contributed by atoms with van der Waals surface area (Å²) in [5.41, 5.74) is 5.36. The Labute approximate surface area is 290 Å². The highest BCUT2D eigenvalue weighted by molar-refractivity contribution is 7.47. The van der Waals surface area contributed by atoms with Crippen LogP contribution in [0.15, 0.2) is 12.2 Å². The summed E-state index contributed by atoms with van der Waals surface area (Å²) in [5.74, 6) is -0.194. The molecule has 0 aliphatic heterocycles. The molecule has 8 nitrogen and oxygen atoms in total. The maximum Gasteiger partial charge on any atom is 0.472 e. The molecule has 5 N–H and O–H groups in total. The lowest BCUT2D eigenvalue weighted by molar-refractivity contribution is -0.123. The van der Waals surface area contributed by atoms with Crippen LogP contribution < -0.4 is 11.1 Å². The van der Waals surface area contributed by atoms with Crippen LogP contribution in [0.25, 0.3) is 0 Å². The van der Waals surface area contributed by atoms with Crippen molar-refractivity contribution in [1.29, 1.82) is 0 Å². The van der Waals surface area contributed by atoms with E-state index in [1.807, 2.05) is 6.08 Å². The molecular formula is C38H77N2O6P. The molecule has 3 unspecified atom stereocenters. The molecule has 0 fully saturated rings. The summed E-state index contributed by atoms with van der Waals surface area (Å²) < 4.78 is 22.0. The van der Waals surface area contributed by atoms with E-state index < -0.39 is 20.0 Å². The lowest BCUT2D eigenvalue weighted by Gasteiger charge is -2.23. The molecule has 0 aromatic rings. The Hall–Kier alpha value is -0.760. The van der Waals surface area contributed by atoms with Crippen molar-refractivity contribution in [3.05, 3.63) is 12.2 Å². The number of hydrogen-bond acceptors (Lipinski definition) is 6. The Bertz CT molecular complexity index is 754. The largest absolute Gasteiger partial charge is 0.472 e. The normalized spacial score (nSPS) is 14.4. The number of hydrogen-bond donors (Lipinski definition) is 4. The van der Waals surface area contributed by atoms with Crippen LogP contribution in [-0.4, -0.2) is 47.8 Å². The molecule has 0 saturated carbocycles. The maximum atomic E-state index is 12.7. The van der Waals surface area contributed by atoms with E-state index in [1.54, 1.807) is 6.08 Å². The number of rotatable bonds is 37. The second kappa shape index (κ2) is 35.1. The third-order valence-corrected chi connectivity index (χ3v) is 9.85. The molecular weight excluding hydrogens is 611 g/mol. The first-order valence-electron chi connectivity index (χ1n) is 19.8. The van der Waals surface area contributed by atoms with Crippen molar-refractivity contribution >= 4 is 13.7 Å². The number of phosphoric acid groups is 1. The summed E-state index contributed by atoms with van der Waals surface area (Å²) in [6, 6.07) is -0.852. The number of aliphatic hydroxyl groups excluding tert-OH is 1. The number of carbonyl (C=O) groups is 1. The fourth-order valence-corrected chi connectivity index (χ4v) is 6.60. The number of allylic oxidation sites excluding steroid dienone is 1. The lowest BCUT2D eigenvalue weighted by atomic mass is 10.0. The van der Waals surface area contributed by atoms with E-state index in [2.05, 4.69) is 19.2 Å². The third kappa shape index (κ3) is 33.5. The molecule has 1 amide bonds. The molecule has 0 aliphatic rings. The molecule has 3 atom stereocenters. The minimum absolute atomic E-state index is 0.0811. The molecule has 280 valence electrons. The lowest BCUT2D eigenvalue weighted by Crippen LogP contribution is -2.45. The van der Waals surface area contributed by atoms with Crippen molar-refractivity contribution in [2.75, 3.05) is 19.8 Å². The SMILES string of the molecule is CCCCCCCCCCCCCCCC/C=C/C(O)C(COP(=O)(O)OCCN)NC(=O)CCCCCCCCCCCCCC. The second-order valence-corrected chi connectivity index (χ2v) is 15.0. The monoisotopic (exact) mass is 689 g/mol. The summed E-state index contributed by atoms with van der Waals surface area (Å²) in [6.07, 6.45) is 36.8. The number of phosphoric ester groups is 1. The summed E-state index contributed by atoms with van der Waals surface area (Å²) in [5, 5.41) is 13.6. The van der Waals surface area contributed by atoms with Gasteiger partial charge in [-0.05, 0) is 19.3 Å². The van der Waals surface area contributed by atoms with Gasteiger partial charge in [-0.15, -0.1) is 0 Å². The zero-order valence-electron chi connectivity index (χ0n) is 30.8. The van der Waals surface area contributed by atoms with Crippen molar-refractivity contribution in [3.8, 4) is 0 Å². The number of carbonyl (C=O) groups excluding carboxylic acids is 1. The second-order valence-electron chi connectivity index (χ2n) is 13.5. The summed E-state index contributed by atoms with van der Waals surface area (Å²) >= 11 is 0. The smallest absolute Gasteiger partial charge is 0.387 e. The van der Waals surface area contributed by atoms with Crippen LogP contribution in [0, 0.1) is 0 Å². The third-order valence-electron chi connectivity index (χ3n) is 8.86. The van der Waals surface area contributed by atoms with Crippen LogP contribution in [0.5, 0.6) is 0 Å². The first-order valence-corrected chi connectivity index (χ1v) is 21.3. The van der Waals surface area contributed by atoms with Gasteiger partial charge in [0.1, 0.15) is 0 Å². The average Bonchev–Trinajstić information content (AvgIpc) is 3.05. The average molecular weight is 689 g/mol. The molecule has 47 heavy (non-hydrogen) atoms. The molecule has 0 aliphatic carbocycles. The van der Waals surface area contributed by atoms with Gasteiger partial charge in [-0.25, -0.2) is 4.57 Å². The van der Waals surface area contributed by atoms with Gasteiger partial charge in [0.25, 0.3) is 0 Å². The minimum Gasteiger partial charge on any atom is -0.387 e. The van der Waals surface area contributed by atoms with E-state index in [0.717, 1.165) is 38.5 Å². The Kier molecular flexibility index (Phi) is 34.5. The predicted octanol–water partition coefficient (Wildman–Crippen LogP) is 10.4. The van der Waals surface area contributed by atoms with E-state index in [1.165, 1.54) is 135 Å². The van der Waals surface area contributed by atoms with Crippen LogP contribution >= 0.6 is 7.82 Å². The highest BCUT2D eigenvalue weighted by atomic mass is 31.2. The first kappa shape index (κ1) is 46.2. The Balaban J connectivity index is 4.27. The fourth-order valence-electron chi connectivity index (χ4n) is 5.84. The Morgan fingerprint density at radius 1 is 0.681 bits per heavy atom. The molecule has 0 rings (SSSR count). The van der Waals surface area contributed by atoms with E-state index >= 15 is 0 Å². The standard InChI is InChI=1S/C38H77N2O6P/c1-3-5-7-9-11-13-15-17-18-19-20-21-23-25-27-29-31-37(41)36(35-46-47(43,44)45-34-33-39)40-38(42)32-30-28-26-24-22-16-14-12-10-8-6-4-2/h29,31,36-37,41H,3-28,30,32-35,39H2,1-2H3,(H,40,42)(H,43,44)/b31-29+. The first-order chi connectivity index (χ1) is 22.9. The molecule has 0 bridgehead atoms. The van der Waals surface area contributed by atoms with Crippen molar-refractivity contribution in [2.45, 2.75) is 206 Å². The van der Waals surface area contributed by atoms with Gasteiger partial charge in [0.2, 0.25) is 5.91 Å². The Morgan fingerprint density at radius 3 is 1.51 bits per heavy atom. The molecule has 0 spiro atoms. The molecule has 0 aromatic carbocycles. The van der Waals surface area contributed by atoms with Gasteiger partial charge >= 0.3 is 7.82 Å². The molecule has 0 radical (unpaired) electrons.